The molecule has 0 saturated carbocycles. The summed E-state index contributed by atoms with van der Waals surface area (Å²) >= 11 is 0. The predicted molar refractivity (Wildman–Crippen MR) is 128 cm³/mol. The van der Waals surface area contributed by atoms with E-state index in [9.17, 15) is 4.79 Å². The third-order valence-corrected chi connectivity index (χ3v) is 4.31. The van der Waals surface area contributed by atoms with Crippen LogP contribution in [0.4, 0.5) is 10.5 Å². The molecule has 8 heteroatoms. The molecule has 0 spiro atoms. The van der Waals surface area contributed by atoms with Crippen molar-refractivity contribution in [2.45, 2.75) is 72.4 Å². The number of aromatic nitrogens is 1. The zero-order chi connectivity index (χ0) is 23.8. The minimum Gasteiger partial charge on any atom is -0.444 e. The van der Waals surface area contributed by atoms with Gasteiger partial charge in [-0.1, -0.05) is 32.9 Å². The number of amides is 1. The van der Waals surface area contributed by atoms with Crippen LogP contribution in [0.25, 0.3) is 0 Å². The van der Waals surface area contributed by atoms with Gasteiger partial charge in [-0.15, -0.1) is 0 Å². The number of hydrogen-bond acceptors (Lipinski definition) is 5. The van der Waals surface area contributed by atoms with Gasteiger partial charge in [-0.2, -0.15) is 0 Å². The molecule has 1 aromatic carbocycles. The average molecular weight is 444 g/mol. The van der Waals surface area contributed by atoms with Gasteiger partial charge in [0.15, 0.2) is 5.96 Å². The van der Waals surface area contributed by atoms with E-state index in [4.69, 9.17) is 9.15 Å². The number of aliphatic imine (C=N–C) groups is 1. The minimum atomic E-state index is -0.524. The van der Waals surface area contributed by atoms with Crippen LogP contribution in [-0.4, -0.2) is 35.7 Å². The molecule has 32 heavy (non-hydrogen) atoms. The second-order valence-electron chi connectivity index (χ2n) is 9.56. The summed E-state index contributed by atoms with van der Waals surface area (Å²) in [6.45, 7) is 15.6. The Labute approximate surface area is 191 Å². The number of anilines is 1. The molecular weight excluding hydrogens is 406 g/mol. The third-order valence-electron chi connectivity index (χ3n) is 4.31. The molecule has 0 aliphatic heterocycles. The zero-order valence-corrected chi connectivity index (χ0v) is 20.3. The summed E-state index contributed by atoms with van der Waals surface area (Å²) in [5, 5.41) is 9.30. The van der Waals surface area contributed by atoms with Crippen LogP contribution in [0.3, 0.4) is 0 Å². The molecule has 0 unspecified atom stereocenters. The van der Waals surface area contributed by atoms with Gasteiger partial charge in [0.2, 0.25) is 5.89 Å². The van der Waals surface area contributed by atoms with Crippen molar-refractivity contribution in [3.63, 3.8) is 0 Å². The van der Waals surface area contributed by atoms with Gasteiger partial charge in [0, 0.05) is 24.2 Å². The average Bonchev–Trinajstić information content (AvgIpc) is 3.15. The number of ether oxygens (including phenoxy) is 1. The Bertz CT molecular complexity index is 890. The smallest absolute Gasteiger partial charge is 0.412 e. The number of rotatable bonds is 7. The molecule has 8 nitrogen and oxygen atoms in total. The maximum absolute atomic E-state index is 11.9. The first kappa shape index (κ1) is 25.2. The molecule has 0 fully saturated rings. The van der Waals surface area contributed by atoms with Crippen molar-refractivity contribution in [1.82, 2.24) is 15.6 Å². The summed E-state index contributed by atoms with van der Waals surface area (Å²) in [7, 11) is 0. The number of carbonyl (C=O) groups is 1. The largest absolute Gasteiger partial charge is 0.444 e. The van der Waals surface area contributed by atoms with Crippen molar-refractivity contribution < 1.29 is 13.9 Å². The number of hydrogen-bond donors (Lipinski definition) is 3. The molecule has 2 aromatic rings. The Morgan fingerprint density at radius 3 is 2.34 bits per heavy atom. The summed E-state index contributed by atoms with van der Waals surface area (Å²) in [6, 6.07) is 7.71. The lowest BCUT2D eigenvalue weighted by atomic mass is 9.94. The van der Waals surface area contributed by atoms with E-state index in [-0.39, 0.29) is 5.41 Å². The van der Waals surface area contributed by atoms with Crippen molar-refractivity contribution in [3.8, 4) is 0 Å². The molecule has 0 atom stereocenters. The van der Waals surface area contributed by atoms with Crippen LogP contribution in [0.1, 0.15) is 65.7 Å². The molecule has 3 N–H and O–H groups in total. The monoisotopic (exact) mass is 443 g/mol. The van der Waals surface area contributed by atoms with E-state index in [0.29, 0.717) is 30.6 Å². The summed E-state index contributed by atoms with van der Waals surface area (Å²) in [6.07, 6.45) is 2.12. The molecule has 2 rings (SSSR count). The quantitative estimate of drug-likeness (QED) is 0.426. The van der Waals surface area contributed by atoms with Gasteiger partial charge < -0.3 is 19.8 Å². The van der Waals surface area contributed by atoms with E-state index in [2.05, 4.69) is 46.7 Å². The lowest BCUT2D eigenvalue weighted by Crippen LogP contribution is -2.38. The van der Waals surface area contributed by atoms with Crippen LogP contribution < -0.4 is 16.0 Å². The van der Waals surface area contributed by atoms with Gasteiger partial charge in [-0.05, 0) is 51.8 Å². The Balaban J connectivity index is 1.84. The van der Waals surface area contributed by atoms with Crippen LogP contribution in [0.5, 0.6) is 0 Å². The summed E-state index contributed by atoms with van der Waals surface area (Å²) in [5.41, 5.74) is 1.25. The van der Waals surface area contributed by atoms with Crippen LogP contribution in [0.15, 0.2) is 39.9 Å². The first-order valence-electron chi connectivity index (χ1n) is 11.0. The second-order valence-corrected chi connectivity index (χ2v) is 9.56. The molecule has 1 amide bonds. The SMILES string of the molecule is CCNC(=NCc1ncc(C(C)(C)C)o1)NCCc1ccc(NC(=O)OC(C)(C)C)cc1. The highest BCUT2D eigenvalue weighted by atomic mass is 16.6. The summed E-state index contributed by atoms with van der Waals surface area (Å²) in [4.78, 5) is 20.7. The maximum Gasteiger partial charge on any atom is 0.412 e. The summed E-state index contributed by atoms with van der Waals surface area (Å²) in [5.74, 6) is 2.16. The van der Waals surface area contributed by atoms with Gasteiger partial charge >= 0.3 is 6.09 Å². The van der Waals surface area contributed by atoms with Gasteiger partial charge in [0.25, 0.3) is 0 Å². The van der Waals surface area contributed by atoms with E-state index >= 15 is 0 Å². The molecule has 0 aliphatic carbocycles. The third kappa shape index (κ3) is 8.99. The molecule has 1 heterocycles. The van der Waals surface area contributed by atoms with Gasteiger partial charge in [-0.3, -0.25) is 5.32 Å². The highest BCUT2D eigenvalue weighted by Gasteiger charge is 2.19. The fourth-order valence-electron chi connectivity index (χ4n) is 2.72. The fraction of sp³-hybridized carbons (Fsp3) is 0.542. The number of benzene rings is 1. The van der Waals surface area contributed by atoms with Gasteiger partial charge in [-0.25, -0.2) is 14.8 Å². The van der Waals surface area contributed by atoms with Crippen molar-refractivity contribution in [2.24, 2.45) is 4.99 Å². The molecule has 176 valence electrons. The van der Waals surface area contributed by atoms with Crippen molar-refractivity contribution in [3.05, 3.63) is 47.7 Å². The molecule has 1 aromatic heterocycles. The van der Waals surface area contributed by atoms with Crippen LogP contribution in [0, 0.1) is 0 Å². The van der Waals surface area contributed by atoms with Crippen LogP contribution in [-0.2, 0) is 23.1 Å². The van der Waals surface area contributed by atoms with Crippen molar-refractivity contribution in [1.29, 1.82) is 0 Å². The van der Waals surface area contributed by atoms with Crippen molar-refractivity contribution in [2.75, 3.05) is 18.4 Å². The van der Waals surface area contributed by atoms with E-state index in [1.54, 1.807) is 6.20 Å². The number of carbonyl (C=O) groups excluding carboxylic acids is 1. The lowest BCUT2D eigenvalue weighted by molar-refractivity contribution is 0.0636. The normalized spacial score (nSPS) is 12.4. The predicted octanol–water partition coefficient (Wildman–Crippen LogP) is 4.62. The fourth-order valence-corrected chi connectivity index (χ4v) is 2.72. The number of guanidine groups is 1. The lowest BCUT2D eigenvalue weighted by Gasteiger charge is -2.19. The summed E-state index contributed by atoms with van der Waals surface area (Å²) < 4.78 is 11.1. The Kier molecular flexibility index (Phi) is 8.69. The molecule has 0 bridgehead atoms. The van der Waals surface area contributed by atoms with Crippen LogP contribution in [0.2, 0.25) is 0 Å². The zero-order valence-electron chi connectivity index (χ0n) is 20.3. The first-order valence-corrected chi connectivity index (χ1v) is 11.0. The van der Waals surface area contributed by atoms with E-state index in [1.165, 1.54) is 0 Å². The van der Waals surface area contributed by atoms with Gasteiger partial charge in [0.05, 0.1) is 6.20 Å². The molecule has 0 aliphatic rings. The number of oxazole rings is 1. The number of nitrogens with one attached hydrogen (secondary N) is 3. The second kappa shape index (κ2) is 11.0. The highest BCUT2D eigenvalue weighted by molar-refractivity contribution is 5.84. The van der Waals surface area contributed by atoms with Crippen LogP contribution >= 0.6 is 0 Å². The molecule has 0 saturated heterocycles. The van der Waals surface area contributed by atoms with Gasteiger partial charge in [0.1, 0.15) is 17.9 Å². The Morgan fingerprint density at radius 1 is 1.09 bits per heavy atom. The maximum atomic E-state index is 11.9. The minimum absolute atomic E-state index is 0.0737. The Hall–Kier alpha value is -3.03. The first-order chi connectivity index (χ1) is 15.0. The topological polar surface area (TPSA) is 101 Å². The standard InChI is InChI=1S/C24H37N5O3/c1-8-25-21(28-16-20-27-15-19(31-20)23(2,3)4)26-14-13-17-9-11-18(12-10-17)29-22(30)32-24(5,6)7/h9-12,15H,8,13-14,16H2,1-7H3,(H,29,30)(H2,25,26,28). The van der Waals surface area contributed by atoms with Crippen molar-refractivity contribution >= 4 is 17.7 Å². The molecular formula is C24H37N5O3. The number of nitrogens with zero attached hydrogens (tertiary/aromatic N) is 2. The highest BCUT2D eigenvalue weighted by Crippen LogP contribution is 2.22. The molecule has 0 radical (unpaired) electrons. The Morgan fingerprint density at radius 2 is 1.78 bits per heavy atom. The van der Waals surface area contributed by atoms with E-state index < -0.39 is 11.7 Å². The van der Waals surface area contributed by atoms with E-state index in [0.717, 1.165) is 24.3 Å². The van der Waals surface area contributed by atoms with E-state index in [1.807, 2.05) is 52.0 Å².